The van der Waals surface area contributed by atoms with Crippen molar-refractivity contribution in [3.63, 3.8) is 0 Å². The van der Waals surface area contributed by atoms with Crippen LogP contribution < -0.4 is 5.73 Å². The van der Waals surface area contributed by atoms with Gasteiger partial charge in [0.1, 0.15) is 0 Å². The minimum atomic E-state index is -3.09. The monoisotopic (exact) mass is 239 g/mol. The molecule has 0 aliphatic heterocycles. The van der Waals surface area contributed by atoms with E-state index >= 15 is 0 Å². The summed E-state index contributed by atoms with van der Waals surface area (Å²) in [5.41, 5.74) is 4.94. The molecule has 0 heterocycles. The second-order valence-corrected chi connectivity index (χ2v) is 3.85. The standard InChI is InChI=1S/C9H9Cl2F2N/c1-5(14)9(12,13)6-2-3-7(10)8(11)4-6/h2-5H,14H2,1H3. The molecule has 0 aliphatic rings. The molecule has 0 amide bonds. The van der Waals surface area contributed by atoms with Gasteiger partial charge in [-0.25, -0.2) is 0 Å². The molecular weight excluding hydrogens is 231 g/mol. The molecule has 5 heteroatoms. The number of rotatable bonds is 2. The third kappa shape index (κ3) is 2.16. The molecule has 0 aromatic heterocycles. The fourth-order valence-electron chi connectivity index (χ4n) is 0.966. The molecule has 14 heavy (non-hydrogen) atoms. The number of hydrogen-bond acceptors (Lipinski definition) is 1. The highest BCUT2D eigenvalue weighted by Gasteiger charge is 2.36. The third-order valence-electron chi connectivity index (χ3n) is 1.88. The summed E-state index contributed by atoms with van der Waals surface area (Å²) in [5.74, 6) is -3.09. The molecule has 1 rings (SSSR count). The van der Waals surface area contributed by atoms with E-state index in [0.717, 1.165) is 6.07 Å². The van der Waals surface area contributed by atoms with E-state index in [1.165, 1.54) is 19.1 Å². The Kier molecular flexibility index (Phi) is 3.35. The van der Waals surface area contributed by atoms with Crippen LogP contribution in [-0.4, -0.2) is 6.04 Å². The van der Waals surface area contributed by atoms with E-state index in [1.807, 2.05) is 0 Å². The van der Waals surface area contributed by atoms with Crippen molar-refractivity contribution in [3.05, 3.63) is 33.8 Å². The summed E-state index contributed by atoms with van der Waals surface area (Å²) in [6.45, 7) is 1.24. The van der Waals surface area contributed by atoms with Crippen LogP contribution in [0.3, 0.4) is 0 Å². The minimum absolute atomic E-state index is 0.101. The summed E-state index contributed by atoms with van der Waals surface area (Å²) in [4.78, 5) is 0. The lowest BCUT2D eigenvalue weighted by Gasteiger charge is -2.20. The van der Waals surface area contributed by atoms with E-state index in [4.69, 9.17) is 28.9 Å². The zero-order valence-corrected chi connectivity index (χ0v) is 8.91. The molecule has 0 saturated heterocycles. The second kappa shape index (κ2) is 4.01. The fourth-order valence-corrected chi connectivity index (χ4v) is 1.26. The minimum Gasteiger partial charge on any atom is -0.323 e. The quantitative estimate of drug-likeness (QED) is 0.841. The zero-order valence-electron chi connectivity index (χ0n) is 7.40. The van der Waals surface area contributed by atoms with E-state index in [9.17, 15) is 8.78 Å². The molecule has 1 atom stereocenters. The number of benzene rings is 1. The number of halogens is 4. The number of hydrogen-bond donors (Lipinski definition) is 1. The van der Waals surface area contributed by atoms with E-state index in [1.54, 1.807) is 0 Å². The first-order chi connectivity index (χ1) is 6.35. The van der Waals surface area contributed by atoms with Crippen LogP contribution >= 0.6 is 23.2 Å². The lowest BCUT2D eigenvalue weighted by atomic mass is 10.0. The Morgan fingerprint density at radius 3 is 2.29 bits per heavy atom. The topological polar surface area (TPSA) is 26.0 Å². The van der Waals surface area contributed by atoms with Gasteiger partial charge in [0.05, 0.1) is 16.1 Å². The Morgan fingerprint density at radius 1 is 1.29 bits per heavy atom. The van der Waals surface area contributed by atoms with Crippen LogP contribution in [0.2, 0.25) is 10.0 Å². The predicted molar refractivity (Wildman–Crippen MR) is 54.0 cm³/mol. The van der Waals surface area contributed by atoms with Crippen molar-refractivity contribution in [1.29, 1.82) is 0 Å². The van der Waals surface area contributed by atoms with Crippen molar-refractivity contribution in [1.82, 2.24) is 0 Å². The normalized spacial score (nSPS) is 14.1. The van der Waals surface area contributed by atoms with Gasteiger partial charge in [0.15, 0.2) is 0 Å². The molecule has 1 nitrogen and oxygen atoms in total. The van der Waals surface area contributed by atoms with Gasteiger partial charge in [0.2, 0.25) is 0 Å². The lowest BCUT2D eigenvalue weighted by molar-refractivity contribution is -0.0256. The Balaban J connectivity index is 3.14. The van der Waals surface area contributed by atoms with Gasteiger partial charge in [-0.1, -0.05) is 29.3 Å². The summed E-state index contributed by atoms with van der Waals surface area (Å²) < 4.78 is 26.7. The van der Waals surface area contributed by atoms with E-state index < -0.39 is 12.0 Å². The Labute approximate surface area is 90.8 Å². The number of nitrogens with two attached hydrogens (primary N) is 1. The molecule has 0 aliphatic carbocycles. The first kappa shape index (κ1) is 11.7. The van der Waals surface area contributed by atoms with Crippen molar-refractivity contribution < 1.29 is 8.78 Å². The summed E-state index contributed by atoms with van der Waals surface area (Å²) in [5, 5.41) is 0.348. The smallest absolute Gasteiger partial charge is 0.287 e. The molecule has 2 N–H and O–H groups in total. The average molecular weight is 240 g/mol. The van der Waals surface area contributed by atoms with Crippen molar-refractivity contribution in [2.45, 2.75) is 18.9 Å². The molecule has 1 aromatic carbocycles. The van der Waals surface area contributed by atoms with Crippen LogP contribution in [0.5, 0.6) is 0 Å². The highest BCUT2D eigenvalue weighted by molar-refractivity contribution is 6.42. The highest BCUT2D eigenvalue weighted by atomic mass is 35.5. The molecular formula is C9H9Cl2F2N. The van der Waals surface area contributed by atoms with Crippen molar-refractivity contribution >= 4 is 23.2 Å². The van der Waals surface area contributed by atoms with Gasteiger partial charge in [0.25, 0.3) is 5.92 Å². The average Bonchev–Trinajstić information content (AvgIpc) is 2.09. The first-order valence-corrected chi connectivity index (χ1v) is 4.70. The van der Waals surface area contributed by atoms with Gasteiger partial charge in [0, 0.05) is 5.56 Å². The van der Waals surface area contributed by atoms with Gasteiger partial charge in [-0.2, -0.15) is 8.78 Å². The van der Waals surface area contributed by atoms with Gasteiger partial charge in [-0.15, -0.1) is 0 Å². The third-order valence-corrected chi connectivity index (χ3v) is 2.62. The summed E-state index contributed by atoms with van der Waals surface area (Å²) in [6.07, 6.45) is 0. The second-order valence-electron chi connectivity index (χ2n) is 3.04. The fraction of sp³-hybridized carbons (Fsp3) is 0.333. The van der Waals surface area contributed by atoms with Crippen LogP contribution in [0.15, 0.2) is 18.2 Å². The van der Waals surface area contributed by atoms with Gasteiger partial charge in [-0.05, 0) is 19.1 Å². The molecule has 1 aromatic rings. The summed E-state index contributed by atoms with van der Waals surface area (Å²) >= 11 is 11.2. The first-order valence-electron chi connectivity index (χ1n) is 3.94. The molecule has 78 valence electrons. The van der Waals surface area contributed by atoms with Crippen LogP contribution in [-0.2, 0) is 5.92 Å². The van der Waals surface area contributed by atoms with Crippen molar-refractivity contribution in [3.8, 4) is 0 Å². The van der Waals surface area contributed by atoms with Crippen LogP contribution in [0.25, 0.3) is 0 Å². The SMILES string of the molecule is CC(N)C(F)(F)c1ccc(Cl)c(Cl)c1. The Hall–Kier alpha value is -0.380. The maximum Gasteiger partial charge on any atom is 0.287 e. The molecule has 0 spiro atoms. The van der Waals surface area contributed by atoms with Crippen molar-refractivity contribution in [2.24, 2.45) is 5.73 Å². The molecule has 0 bridgehead atoms. The summed E-state index contributed by atoms with van der Waals surface area (Å²) in [7, 11) is 0. The number of alkyl halides is 2. The lowest BCUT2D eigenvalue weighted by Crippen LogP contribution is -2.35. The maximum absolute atomic E-state index is 13.4. The van der Waals surface area contributed by atoms with Gasteiger partial charge < -0.3 is 5.73 Å². The molecule has 1 unspecified atom stereocenters. The Morgan fingerprint density at radius 2 is 1.86 bits per heavy atom. The molecule has 0 saturated carbocycles. The largest absolute Gasteiger partial charge is 0.323 e. The summed E-state index contributed by atoms with van der Waals surface area (Å²) in [6, 6.07) is 2.42. The van der Waals surface area contributed by atoms with E-state index in [2.05, 4.69) is 0 Å². The highest BCUT2D eigenvalue weighted by Crippen LogP contribution is 2.34. The molecule has 0 fully saturated rings. The maximum atomic E-state index is 13.4. The van der Waals surface area contributed by atoms with Gasteiger partial charge in [-0.3, -0.25) is 0 Å². The molecule has 0 radical (unpaired) electrons. The van der Waals surface area contributed by atoms with Gasteiger partial charge >= 0.3 is 0 Å². The zero-order chi connectivity index (χ0) is 10.9. The van der Waals surface area contributed by atoms with E-state index in [-0.39, 0.29) is 15.6 Å². The van der Waals surface area contributed by atoms with Crippen LogP contribution in [0, 0.1) is 0 Å². The van der Waals surface area contributed by atoms with Crippen LogP contribution in [0.4, 0.5) is 8.78 Å². The van der Waals surface area contributed by atoms with E-state index in [0.29, 0.717) is 0 Å². The Bertz CT molecular complexity index is 340. The van der Waals surface area contributed by atoms with Crippen molar-refractivity contribution in [2.75, 3.05) is 0 Å². The predicted octanol–water partition coefficient (Wildman–Crippen LogP) is 3.43. The van der Waals surface area contributed by atoms with Crippen LogP contribution in [0.1, 0.15) is 12.5 Å².